The third-order valence-corrected chi connectivity index (χ3v) is 4.79. The lowest BCUT2D eigenvalue weighted by atomic mass is 9.95. The zero-order valence-corrected chi connectivity index (χ0v) is 19.2. The Morgan fingerprint density at radius 2 is 1.50 bits per heavy atom. The normalized spacial score (nSPS) is 10.2. The van der Waals surface area contributed by atoms with Crippen molar-refractivity contribution in [2.45, 2.75) is 26.3 Å². The molecule has 4 rings (SSSR count). The minimum atomic E-state index is -0.510. The quantitative estimate of drug-likeness (QED) is 0.303. The standard InChI is InChI=1S/C12H13N3O2.C9H10.C3H3N3O2/c1-12(2,10-6-4-3-5-7-10)14-9-11(8-13-14)15(16)17;1-8(2)9-6-4-3-5-7-9;7-6(8)3-1-4-5-2-3/h3-9H,1-2H3;3-7H,1H2,2H3;1-2H,(H,4,5). The van der Waals surface area contributed by atoms with Crippen LogP contribution in [0, 0.1) is 20.2 Å². The molecule has 0 radical (unpaired) electrons. The van der Waals surface area contributed by atoms with E-state index in [2.05, 4.69) is 34.0 Å². The highest BCUT2D eigenvalue weighted by atomic mass is 16.6. The van der Waals surface area contributed by atoms with Crippen molar-refractivity contribution in [1.29, 1.82) is 0 Å². The highest BCUT2D eigenvalue weighted by molar-refractivity contribution is 5.60. The Balaban J connectivity index is 0.000000201. The highest BCUT2D eigenvalue weighted by Gasteiger charge is 2.25. The van der Waals surface area contributed by atoms with Gasteiger partial charge in [0, 0.05) is 0 Å². The number of hydrogen-bond acceptors (Lipinski definition) is 6. The van der Waals surface area contributed by atoms with Crippen LogP contribution in [-0.4, -0.2) is 29.8 Å². The molecule has 34 heavy (non-hydrogen) atoms. The molecule has 0 spiro atoms. The lowest BCUT2D eigenvalue weighted by molar-refractivity contribution is -0.385. The number of allylic oxidation sites excluding steroid dienone is 1. The molecule has 2 aromatic carbocycles. The molecule has 0 aliphatic heterocycles. The second kappa shape index (κ2) is 11.9. The Kier molecular flexibility index (Phi) is 8.95. The van der Waals surface area contributed by atoms with Crippen LogP contribution in [0.3, 0.4) is 0 Å². The third kappa shape index (κ3) is 7.23. The molecule has 4 aromatic rings. The Morgan fingerprint density at radius 3 is 1.88 bits per heavy atom. The van der Waals surface area contributed by atoms with Crippen LogP contribution < -0.4 is 0 Å². The molecule has 0 aliphatic rings. The van der Waals surface area contributed by atoms with E-state index < -0.39 is 15.4 Å². The van der Waals surface area contributed by atoms with Gasteiger partial charge in [-0.1, -0.05) is 72.8 Å². The summed E-state index contributed by atoms with van der Waals surface area (Å²) in [5.41, 5.74) is 2.99. The number of nitro groups is 2. The molecule has 0 fully saturated rings. The van der Waals surface area contributed by atoms with E-state index in [0.717, 1.165) is 17.3 Å². The molecule has 1 N–H and O–H groups in total. The second-order valence-electron chi connectivity index (χ2n) is 7.69. The van der Waals surface area contributed by atoms with Gasteiger partial charge in [0.05, 0.1) is 21.6 Å². The van der Waals surface area contributed by atoms with Crippen LogP contribution in [0.15, 0.2) is 92.0 Å². The zero-order chi connectivity index (χ0) is 25.1. The lowest BCUT2D eigenvalue weighted by Gasteiger charge is -2.25. The monoisotopic (exact) mass is 462 g/mol. The number of aromatic nitrogens is 4. The van der Waals surface area contributed by atoms with Crippen molar-refractivity contribution in [2.24, 2.45) is 0 Å². The molecule has 10 nitrogen and oxygen atoms in total. The average Bonchev–Trinajstić information content (AvgIpc) is 3.54. The summed E-state index contributed by atoms with van der Waals surface area (Å²) in [4.78, 5) is 19.5. The maximum Gasteiger partial charge on any atom is 0.307 e. The van der Waals surface area contributed by atoms with Crippen LogP contribution in [0.25, 0.3) is 5.57 Å². The van der Waals surface area contributed by atoms with Gasteiger partial charge in [-0.25, -0.2) is 0 Å². The lowest BCUT2D eigenvalue weighted by Crippen LogP contribution is -2.28. The van der Waals surface area contributed by atoms with E-state index in [0.29, 0.717) is 0 Å². The van der Waals surface area contributed by atoms with Gasteiger partial charge in [-0.2, -0.15) is 10.2 Å². The molecular weight excluding hydrogens is 436 g/mol. The van der Waals surface area contributed by atoms with Crippen molar-refractivity contribution < 1.29 is 9.85 Å². The van der Waals surface area contributed by atoms with Crippen LogP contribution in [0.4, 0.5) is 11.4 Å². The summed E-state index contributed by atoms with van der Waals surface area (Å²) in [5.74, 6) is 0. The summed E-state index contributed by atoms with van der Waals surface area (Å²) in [6.07, 6.45) is 5.09. The molecule has 0 unspecified atom stereocenters. The van der Waals surface area contributed by atoms with E-state index >= 15 is 0 Å². The Morgan fingerprint density at radius 1 is 0.941 bits per heavy atom. The van der Waals surface area contributed by atoms with Crippen LogP contribution in [0.1, 0.15) is 31.9 Å². The third-order valence-electron chi connectivity index (χ3n) is 4.79. The molecule has 0 atom stereocenters. The minimum Gasteiger partial charge on any atom is -0.279 e. The molecule has 176 valence electrons. The predicted molar refractivity (Wildman–Crippen MR) is 130 cm³/mol. The SMILES string of the molecule is C=C(C)c1ccccc1.CC(C)(c1ccccc1)n1cc([N+](=O)[O-])cn1.O=[N+]([O-])c1cn[nH]c1. The van der Waals surface area contributed by atoms with Crippen molar-refractivity contribution in [2.75, 3.05) is 0 Å². The van der Waals surface area contributed by atoms with Gasteiger partial charge in [-0.3, -0.25) is 30.0 Å². The summed E-state index contributed by atoms with van der Waals surface area (Å²) in [6, 6.07) is 19.9. The van der Waals surface area contributed by atoms with Gasteiger partial charge in [-0.15, -0.1) is 0 Å². The largest absolute Gasteiger partial charge is 0.307 e. The molecule has 0 bridgehead atoms. The van der Waals surface area contributed by atoms with Crippen molar-refractivity contribution in [3.05, 3.63) is 123 Å². The maximum atomic E-state index is 10.6. The second-order valence-corrected chi connectivity index (χ2v) is 7.69. The van der Waals surface area contributed by atoms with Gasteiger partial charge < -0.3 is 0 Å². The van der Waals surface area contributed by atoms with Crippen molar-refractivity contribution in [1.82, 2.24) is 20.0 Å². The summed E-state index contributed by atoms with van der Waals surface area (Å²) < 4.78 is 1.61. The van der Waals surface area contributed by atoms with Gasteiger partial charge in [0.1, 0.15) is 18.6 Å². The summed E-state index contributed by atoms with van der Waals surface area (Å²) in [7, 11) is 0. The van der Waals surface area contributed by atoms with Gasteiger partial charge in [0.25, 0.3) is 0 Å². The van der Waals surface area contributed by atoms with Crippen molar-refractivity contribution in [3.8, 4) is 0 Å². The first-order valence-electron chi connectivity index (χ1n) is 10.2. The Hall–Kier alpha value is -4.60. The fourth-order valence-electron chi connectivity index (χ4n) is 2.76. The Bertz CT molecular complexity index is 1200. The summed E-state index contributed by atoms with van der Waals surface area (Å²) in [6.45, 7) is 9.78. The van der Waals surface area contributed by atoms with E-state index in [-0.39, 0.29) is 11.4 Å². The highest BCUT2D eigenvalue weighted by Crippen LogP contribution is 2.26. The fraction of sp³-hybridized carbons (Fsp3) is 0.167. The number of nitrogens with zero attached hydrogens (tertiary/aromatic N) is 5. The molecule has 0 saturated heterocycles. The van der Waals surface area contributed by atoms with E-state index in [1.165, 1.54) is 24.2 Å². The van der Waals surface area contributed by atoms with Crippen molar-refractivity contribution >= 4 is 16.9 Å². The topological polar surface area (TPSA) is 133 Å². The smallest absolute Gasteiger partial charge is 0.279 e. The van der Waals surface area contributed by atoms with Crippen LogP contribution >= 0.6 is 0 Å². The number of hydrogen-bond donors (Lipinski definition) is 1. The number of aromatic amines is 1. The van der Waals surface area contributed by atoms with Gasteiger partial charge in [-0.05, 0) is 31.9 Å². The predicted octanol–water partition coefficient (Wildman–Crippen LogP) is 5.61. The maximum absolute atomic E-state index is 10.6. The summed E-state index contributed by atoms with van der Waals surface area (Å²) >= 11 is 0. The molecule has 2 heterocycles. The number of nitrogens with one attached hydrogen (secondary N) is 1. The van der Waals surface area contributed by atoms with Gasteiger partial charge in [0.15, 0.2) is 0 Å². The van der Waals surface area contributed by atoms with Crippen LogP contribution in [0.5, 0.6) is 0 Å². The van der Waals surface area contributed by atoms with Gasteiger partial charge >= 0.3 is 11.4 Å². The van der Waals surface area contributed by atoms with Crippen molar-refractivity contribution in [3.63, 3.8) is 0 Å². The molecule has 10 heteroatoms. The van der Waals surface area contributed by atoms with E-state index in [1.54, 1.807) is 4.68 Å². The summed E-state index contributed by atoms with van der Waals surface area (Å²) in [5, 5.41) is 30.2. The minimum absolute atomic E-state index is 0.00834. The number of H-pyrrole nitrogens is 1. The molecule has 2 aromatic heterocycles. The average molecular weight is 463 g/mol. The van der Waals surface area contributed by atoms with E-state index in [9.17, 15) is 20.2 Å². The Labute approximate surface area is 196 Å². The van der Waals surface area contributed by atoms with Gasteiger partial charge in [0.2, 0.25) is 0 Å². The first-order valence-corrected chi connectivity index (χ1v) is 10.2. The molecular formula is C24H26N6O4. The molecule has 0 amide bonds. The number of benzene rings is 2. The zero-order valence-electron chi connectivity index (χ0n) is 19.2. The van der Waals surface area contributed by atoms with Crippen LogP contribution in [-0.2, 0) is 5.54 Å². The molecule has 0 saturated carbocycles. The number of rotatable bonds is 5. The van der Waals surface area contributed by atoms with E-state index in [1.807, 2.05) is 69.3 Å². The first kappa shape index (κ1) is 25.7. The van der Waals surface area contributed by atoms with E-state index in [4.69, 9.17) is 0 Å². The first-order chi connectivity index (χ1) is 16.1. The van der Waals surface area contributed by atoms with Crippen LogP contribution in [0.2, 0.25) is 0 Å². The molecule has 0 aliphatic carbocycles. The fourth-order valence-corrected chi connectivity index (χ4v) is 2.76.